The molecule has 1 unspecified atom stereocenters. The van der Waals surface area contributed by atoms with E-state index in [-0.39, 0.29) is 5.91 Å². The van der Waals surface area contributed by atoms with E-state index in [4.69, 9.17) is 0 Å². The molecule has 1 atom stereocenters. The monoisotopic (exact) mass is 414 g/mol. The van der Waals surface area contributed by atoms with Crippen molar-refractivity contribution in [2.75, 3.05) is 5.32 Å². The van der Waals surface area contributed by atoms with Crippen LogP contribution in [0.15, 0.2) is 90.1 Å². The Bertz CT molecular complexity index is 1130. The molecule has 0 spiro atoms. The molecule has 4 aromatic rings. The van der Waals surface area contributed by atoms with Gasteiger partial charge in [0, 0.05) is 18.3 Å². The Morgan fingerprint density at radius 3 is 2.20 bits per heavy atom. The minimum atomic E-state index is -0.459. The normalized spacial score (nSPS) is 11.8. The van der Waals surface area contributed by atoms with Gasteiger partial charge in [-0.15, -0.1) is 10.2 Å². The van der Waals surface area contributed by atoms with Gasteiger partial charge in [-0.25, -0.2) is 0 Å². The number of benzene rings is 3. The third-order valence-electron chi connectivity index (χ3n) is 4.75. The van der Waals surface area contributed by atoms with Gasteiger partial charge in [0.05, 0.1) is 0 Å². The molecule has 0 radical (unpaired) electrons. The van der Waals surface area contributed by atoms with E-state index in [1.165, 1.54) is 11.8 Å². The largest absolute Gasteiger partial charge is 0.325 e. The molecular formula is C24H22N4OS. The number of carbonyl (C=O) groups is 1. The van der Waals surface area contributed by atoms with Gasteiger partial charge in [0.25, 0.3) is 0 Å². The number of amides is 1. The Balaban J connectivity index is 1.62. The van der Waals surface area contributed by atoms with Crippen LogP contribution in [0.3, 0.4) is 0 Å². The van der Waals surface area contributed by atoms with Gasteiger partial charge in [-0.05, 0) is 24.6 Å². The second-order valence-electron chi connectivity index (χ2n) is 7.00. The van der Waals surface area contributed by atoms with Crippen LogP contribution in [0.5, 0.6) is 0 Å². The zero-order chi connectivity index (χ0) is 20.9. The van der Waals surface area contributed by atoms with E-state index >= 15 is 0 Å². The average molecular weight is 415 g/mol. The maximum Gasteiger partial charge on any atom is 0.242 e. The standard InChI is InChI=1S/C24H22N4OS/c1-17-13-15-20(16-14-17)25-23(29)21(18-9-5-3-6-10-18)30-24-27-26-22(28(24)2)19-11-7-4-8-12-19/h3-16,21H,1-2H3,(H,25,29). The van der Waals surface area contributed by atoms with Gasteiger partial charge in [0.15, 0.2) is 11.0 Å². The van der Waals surface area contributed by atoms with Gasteiger partial charge < -0.3 is 9.88 Å². The van der Waals surface area contributed by atoms with E-state index in [0.29, 0.717) is 5.16 Å². The first kappa shape index (κ1) is 19.9. The summed E-state index contributed by atoms with van der Waals surface area (Å²) in [4.78, 5) is 13.2. The Morgan fingerprint density at radius 1 is 0.900 bits per heavy atom. The molecule has 30 heavy (non-hydrogen) atoms. The second-order valence-corrected chi connectivity index (χ2v) is 8.07. The third kappa shape index (κ3) is 4.44. The summed E-state index contributed by atoms with van der Waals surface area (Å²) >= 11 is 1.39. The number of aromatic nitrogens is 3. The van der Waals surface area contributed by atoms with Gasteiger partial charge >= 0.3 is 0 Å². The lowest BCUT2D eigenvalue weighted by molar-refractivity contribution is -0.115. The van der Waals surface area contributed by atoms with E-state index < -0.39 is 5.25 Å². The summed E-state index contributed by atoms with van der Waals surface area (Å²) in [7, 11) is 1.92. The van der Waals surface area contributed by atoms with E-state index in [1.54, 1.807) is 0 Å². The van der Waals surface area contributed by atoms with Crippen molar-refractivity contribution in [2.45, 2.75) is 17.3 Å². The summed E-state index contributed by atoms with van der Waals surface area (Å²) in [6.07, 6.45) is 0. The fourth-order valence-electron chi connectivity index (χ4n) is 3.11. The van der Waals surface area contributed by atoms with Gasteiger partial charge in [0.1, 0.15) is 5.25 Å². The first-order chi connectivity index (χ1) is 14.6. The summed E-state index contributed by atoms with van der Waals surface area (Å²) in [5, 5.41) is 12.0. The summed E-state index contributed by atoms with van der Waals surface area (Å²) in [6.45, 7) is 2.02. The topological polar surface area (TPSA) is 59.8 Å². The van der Waals surface area contributed by atoms with Crippen molar-refractivity contribution >= 4 is 23.4 Å². The lowest BCUT2D eigenvalue weighted by atomic mass is 10.1. The van der Waals surface area contributed by atoms with Crippen LogP contribution in [0.1, 0.15) is 16.4 Å². The molecule has 0 bridgehead atoms. The maximum absolute atomic E-state index is 13.2. The molecule has 5 nitrogen and oxygen atoms in total. The van der Waals surface area contributed by atoms with E-state index in [2.05, 4.69) is 15.5 Å². The van der Waals surface area contributed by atoms with Gasteiger partial charge in [-0.3, -0.25) is 4.79 Å². The molecule has 0 aliphatic rings. The van der Waals surface area contributed by atoms with Crippen molar-refractivity contribution < 1.29 is 4.79 Å². The second kappa shape index (κ2) is 8.97. The number of rotatable bonds is 6. The predicted molar refractivity (Wildman–Crippen MR) is 121 cm³/mol. The zero-order valence-electron chi connectivity index (χ0n) is 16.8. The molecule has 1 aromatic heterocycles. The molecule has 0 aliphatic heterocycles. The Morgan fingerprint density at radius 2 is 1.53 bits per heavy atom. The molecule has 1 amide bonds. The highest BCUT2D eigenvalue weighted by Gasteiger charge is 2.25. The molecule has 150 valence electrons. The molecular weight excluding hydrogens is 392 g/mol. The van der Waals surface area contributed by atoms with E-state index in [1.807, 2.05) is 103 Å². The number of aryl methyl sites for hydroxylation is 1. The van der Waals surface area contributed by atoms with Crippen molar-refractivity contribution in [1.82, 2.24) is 14.8 Å². The van der Waals surface area contributed by atoms with Crippen molar-refractivity contribution in [3.05, 3.63) is 96.1 Å². The Labute approximate surface area is 180 Å². The molecule has 4 rings (SSSR count). The van der Waals surface area contributed by atoms with Gasteiger partial charge in [-0.1, -0.05) is 90.1 Å². The molecule has 1 N–H and O–H groups in total. The third-order valence-corrected chi connectivity index (χ3v) is 6.04. The lowest BCUT2D eigenvalue weighted by Crippen LogP contribution is -2.19. The first-order valence-electron chi connectivity index (χ1n) is 9.66. The molecule has 3 aromatic carbocycles. The van der Waals surface area contributed by atoms with Crippen LogP contribution in [-0.4, -0.2) is 20.7 Å². The minimum absolute atomic E-state index is 0.0979. The van der Waals surface area contributed by atoms with Crippen LogP contribution in [0.25, 0.3) is 11.4 Å². The molecule has 0 saturated carbocycles. The number of thioether (sulfide) groups is 1. The lowest BCUT2D eigenvalue weighted by Gasteiger charge is -2.17. The average Bonchev–Trinajstić information content (AvgIpc) is 3.15. The van der Waals surface area contributed by atoms with Crippen molar-refractivity contribution in [3.63, 3.8) is 0 Å². The molecule has 1 heterocycles. The quantitative estimate of drug-likeness (QED) is 0.437. The fraction of sp³-hybridized carbons (Fsp3) is 0.125. The van der Waals surface area contributed by atoms with E-state index in [9.17, 15) is 4.79 Å². The van der Waals surface area contributed by atoms with Crippen LogP contribution in [0, 0.1) is 6.92 Å². The molecule has 0 aliphatic carbocycles. The van der Waals surface area contributed by atoms with Gasteiger partial charge in [0.2, 0.25) is 5.91 Å². The number of nitrogens with one attached hydrogen (secondary N) is 1. The van der Waals surface area contributed by atoms with Crippen LogP contribution in [-0.2, 0) is 11.8 Å². The first-order valence-corrected chi connectivity index (χ1v) is 10.5. The summed E-state index contributed by atoms with van der Waals surface area (Å²) in [6, 6.07) is 27.4. The number of nitrogens with zero attached hydrogens (tertiary/aromatic N) is 3. The fourth-order valence-corrected chi connectivity index (χ4v) is 4.11. The van der Waals surface area contributed by atoms with Crippen LogP contribution >= 0.6 is 11.8 Å². The van der Waals surface area contributed by atoms with Crippen molar-refractivity contribution in [1.29, 1.82) is 0 Å². The highest BCUT2D eigenvalue weighted by molar-refractivity contribution is 8.00. The van der Waals surface area contributed by atoms with Crippen LogP contribution < -0.4 is 5.32 Å². The summed E-state index contributed by atoms with van der Waals surface area (Å²) in [5.74, 6) is 0.670. The highest BCUT2D eigenvalue weighted by Crippen LogP contribution is 2.36. The number of carbonyl (C=O) groups excluding carboxylic acids is 1. The number of hydrogen-bond donors (Lipinski definition) is 1. The number of anilines is 1. The van der Waals surface area contributed by atoms with Crippen LogP contribution in [0.4, 0.5) is 5.69 Å². The minimum Gasteiger partial charge on any atom is -0.325 e. The van der Waals surface area contributed by atoms with E-state index in [0.717, 1.165) is 28.2 Å². The molecule has 0 fully saturated rings. The number of hydrogen-bond acceptors (Lipinski definition) is 4. The SMILES string of the molecule is Cc1ccc(NC(=O)C(Sc2nnc(-c3ccccc3)n2C)c2ccccc2)cc1. The predicted octanol–water partition coefficient (Wildman–Crippen LogP) is 5.26. The maximum atomic E-state index is 13.2. The Kier molecular flexibility index (Phi) is 5.95. The van der Waals surface area contributed by atoms with Crippen molar-refractivity contribution in [3.8, 4) is 11.4 Å². The van der Waals surface area contributed by atoms with Crippen molar-refractivity contribution in [2.24, 2.45) is 7.05 Å². The highest BCUT2D eigenvalue weighted by atomic mass is 32.2. The van der Waals surface area contributed by atoms with Gasteiger partial charge in [-0.2, -0.15) is 0 Å². The smallest absolute Gasteiger partial charge is 0.242 e. The van der Waals surface area contributed by atoms with Crippen LogP contribution in [0.2, 0.25) is 0 Å². The Hall–Kier alpha value is -3.38. The molecule has 0 saturated heterocycles. The molecule has 6 heteroatoms. The summed E-state index contributed by atoms with van der Waals surface area (Å²) < 4.78 is 1.93. The zero-order valence-corrected chi connectivity index (χ0v) is 17.6. The summed E-state index contributed by atoms with van der Waals surface area (Å²) in [5.41, 5.74) is 3.82.